The molecular formula is C12H23NO2. The van der Waals surface area contributed by atoms with Gasteiger partial charge in [-0.25, -0.2) is 0 Å². The van der Waals surface area contributed by atoms with Crippen LogP contribution in [0.4, 0.5) is 0 Å². The first kappa shape index (κ1) is 12.5. The van der Waals surface area contributed by atoms with Gasteiger partial charge >= 0.3 is 5.97 Å². The topological polar surface area (TPSA) is 38.3 Å². The molecule has 3 nitrogen and oxygen atoms in total. The molecule has 1 rings (SSSR count). The fourth-order valence-corrected chi connectivity index (χ4v) is 2.87. The summed E-state index contributed by atoms with van der Waals surface area (Å²) in [6.45, 7) is 5.03. The fourth-order valence-electron chi connectivity index (χ4n) is 2.87. The summed E-state index contributed by atoms with van der Waals surface area (Å²) in [7, 11) is 1.49. The van der Waals surface area contributed by atoms with Crippen LogP contribution < -0.4 is 5.32 Å². The lowest BCUT2D eigenvalue weighted by molar-refractivity contribution is -0.153. The van der Waals surface area contributed by atoms with Crippen molar-refractivity contribution in [2.45, 2.75) is 51.5 Å². The standard InChI is InChI=1S/C12H23NO2/c1-4-10-8-6-7-9-12(10,13-5-2)11(14)15-3/h10,13H,4-9H2,1-3H3. The summed E-state index contributed by atoms with van der Waals surface area (Å²) in [4.78, 5) is 12.0. The summed E-state index contributed by atoms with van der Waals surface area (Å²) < 4.78 is 4.98. The summed E-state index contributed by atoms with van der Waals surface area (Å²) >= 11 is 0. The van der Waals surface area contributed by atoms with Crippen LogP contribution >= 0.6 is 0 Å². The van der Waals surface area contributed by atoms with Crippen LogP contribution in [-0.2, 0) is 9.53 Å². The molecule has 0 aromatic rings. The minimum Gasteiger partial charge on any atom is -0.468 e. The molecule has 0 heterocycles. The van der Waals surface area contributed by atoms with Crippen molar-refractivity contribution in [2.75, 3.05) is 13.7 Å². The van der Waals surface area contributed by atoms with E-state index in [1.54, 1.807) is 0 Å². The molecule has 1 aliphatic carbocycles. The molecule has 1 N–H and O–H groups in total. The molecule has 1 aliphatic rings. The predicted octanol–water partition coefficient (Wildman–Crippen LogP) is 2.11. The van der Waals surface area contributed by atoms with Crippen LogP contribution in [0, 0.1) is 5.92 Å². The number of carbonyl (C=O) groups excluding carboxylic acids is 1. The molecule has 88 valence electrons. The third-order valence-electron chi connectivity index (χ3n) is 3.61. The van der Waals surface area contributed by atoms with Gasteiger partial charge in [-0.2, -0.15) is 0 Å². The molecule has 1 saturated carbocycles. The quantitative estimate of drug-likeness (QED) is 0.727. The van der Waals surface area contributed by atoms with Crippen molar-refractivity contribution >= 4 is 5.97 Å². The van der Waals surface area contributed by atoms with Crippen molar-refractivity contribution in [1.82, 2.24) is 5.32 Å². The van der Waals surface area contributed by atoms with Gasteiger partial charge in [-0.15, -0.1) is 0 Å². The molecule has 0 radical (unpaired) electrons. The maximum Gasteiger partial charge on any atom is 0.326 e. The second kappa shape index (κ2) is 5.50. The van der Waals surface area contributed by atoms with E-state index in [-0.39, 0.29) is 5.97 Å². The van der Waals surface area contributed by atoms with Crippen molar-refractivity contribution in [3.8, 4) is 0 Å². The Bertz CT molecular complexity index is 214. The lowest BCUT2D eigenvalue weighted by Gasteiger charge is -2.42. The average molecular weight is 213 g/mol. The molecular weight excluding hydrogens is 190 g/mol. The highest BCUT2D eigenvalue weighted by atomic mass is 16.5. The van der Waals surface area contributed by atoms with Gasteiger partial charge in [-0.05, 0) is 25.3 Å². The lowest BCUT2D eigenvalue weighted by atomic mass is 9.71. The van der Waals surface area contributed by atoms with Crippen LogP contribution in [0.3, 0.4) is 0 Å². The molecule has 2 unspecified atom stereocenters. The van der Waals surface area contributed by atoms with Gasteiger partial charge in [-0.3, -0.25) is 4.79 Å². The van der Waals surface area contributed by atoms with E-state index >= 15 is 0 Å². The van der Waals surface area contributed by atoms with E-state index in [2.05, 4.69) is 12.2 Å². The SMILES string of the molecule is CCNC1(C(=O)OC)CCCCC1CC. The Labute approximate surface area is 92.6 Å². The minimum atomic E-state index is -0.406. The Kier molecular flexibility index (Phi) is 4.58. The first-order chi connectivity index (χ1) is 7.21. The second-order valence-corrected chi connectivity index (χ2v) is 4.34. The highest BCUT2D eigenvalue weighted by molar-refractivity contribution is 5.81. The average Bonchev–Trinajstić information content (AvgIpc) is 2.28. The zero-order chi connectivity index (χ0) is 11.3. The Balaban J connectivity index is 2.88. The van der Waals surface area contributed by atoms with E-state index in [0.29, 0.717) is 5.92 Å². The highest BCUT2D eigenvalue weighted by Gasteiger charge is 2.46. The van der Waals surface area contributed by atoms with Crippen LogP contribution in [0.5, 0.6) is 0 Å². The monoisotopic (exact) mass is 213 g/mol. The summed E-state index contributed by atoms with van der Waals surface area (Å²) in [5.74, 6) is 0.356. The van der Waals surface area contributed by atoms with Crippen LogP contribution in [0.2, 0.25) is 0 Å². The van der Waals surface area contributed by atoms with E-state index in [0.717, 1.165) is 32.2 Å². The molecule has 0 aromatic carbocycles. The van der Waals surface area contributed by atoms with Crippen LogP contribution in [0.15, 0.2) is 0 Å². The Morgan fingerprint density at radius 3 is 2.73 bits per heavy atom. The third kappa shape index (κ3) is 2.33. The number of methoxy groups -OCH3 is 1. The number of hydrogen-bond acceptors (Lipinski definition) is 3. The number of esters is 1. The molecule has 0 amide bonds. The van der Waals surface area contributed by atoms with E-state index in [9.17, 15) is 4.79 Å². The van der Waals surface area contributed by atoms with Gasteiger partial charge in [0.2, 0.25) is 0 Å². The van der Waals surface area contributed by atoms with Gasteiger partial charge in [-0.1, -0.05) is 33.1 Å². The first-order valence-electron chi connectivity index (χ1n) is 6.04. The molecule has 0 bridgehead atoms. The number of carbonyl (C=O) groups is 1. The van der Waals surface area contributed by atoms with Crippen molar-refractivity contribution in [1.29, 1.82) is 0 Å². The fraction of sp³-hybridized carbons (Fsp3) is 0.917. The predicted molar refractivity (Wildman–Crippen MR) is 60.7 cm³/mol. The summed E-state index contributed by atoms with van der Waals surface area (Å²) in [5, 5.41) is 3.38. The van der Waals surface area contributed by atoms with E-state index < -0.39 is 5.54 Å². The van der Waals surface area contributed by atoms with Crippen molar-refractivity contribution in [3.63, 3.8) is 0 Å². The number of hydrogen-bond donors (Lipinski definition) is 1. The molecule has 2 atom stereocenters. The van der Waals surface area contributed by atoms with Crippen molar-refractivity contribution in [2.24, 2.45) is 5.92 Å². The molecule has 0 saturated heterocycles. The Morgan fingerprint density at radius 2 is 2.20 bits per heavy atom. The van der Waals surface area contributed by atoms with Gasteiger partial charge in [0.05, 0.1) is 7.11 Å². The molecule has 1 fully saturated rings. The normalized spacial score (nSPS) is 31.3. The summed E-state index contributed by atoms with van der Waals surface area (Å²) in [5.41, 5.74) is -0.406. The molecule has 0 aliphatic heterocycles. The molecule has 0 spiro atoms. The maximum absolute atomic E-state index is 12.0. The minimum absolute atomic E-state index is 0.0732. The smallest absolute Gasteiger partial charge is 0.326 e. The van der Waals surface area contributed by atoms with Crippen molar-refractivity contribution in [3.05, 3.63) is 0 Å². The molecule has 0 aromatic heterocycles. The third-order valence-corrected chi connectivity index (χ3v) is 3.61. The first-order valence-corrected chi connectivity index (χ1v) is 6.04. The Morgan fingerprint density at radius 1 is 1.47 bits per heavy atom. The van der Waals surface area contributed by atoms with E-state index in [4.69, 9.17) is 4.74 Å². The van der Waals surface area contributed by atoms with Crippen LogP contribution in [-0.4, -0.2) is 25.2 Å². The second-order valence-electron chi connectivity index (χ2n) is 4.34. The molecule has 15 heavy (non-hydrogen) atoms. The zero-order valence-corrected chi connectivity index (χ0v) is 10.1. The number of ether oxygens (including phenoxy) is 1. The number of nitrogens with one attached hydrogen (secondary N) is 1. The van der Waals surface area contributed by atoms with Crippen LogP contribution in [0.1, 0.15) is 46.0 Å². The number of likely N-dealkylation sites (N-methyl/N-ethyl adjacent to an activating group) is 1. The van der Waals surface area contributed by atoms with Gasteiger partial charge in [0.15, 0.2) is 0 Å². The van der Waals surface area contributed by atoms with Gasteiger partial charge in [0, 0.05) is 0 Å². The van der Waals surface area contributed by atoms with Gasteiger partial charge < -0.3 is 10.1 Å². The van der Waals surface area contributed by atoms with Crippen LogP contribution in [0.25, 0.3) is 0 Å². The number of rotatable bonds is 4. The van der Waals surface area contributed by atoms with E-state index in [1.807, 2.05) is 6.92 Å². The molecule has 3 heteroatoms. The highest BCUT2D eigenvalue weighted by Crippen LogP contribution is 2.36. The summed E-state index contributed by atoms with van der Waals surface area (Å²) in [6.07, 6.45) is 5.47. The lowest BCUT2D eigenvalue weighted by Crippen LogP contribution is -2.59. The van der Waals surface area contributed by atoms with E-state index in [1.165, 1.54) is 13.5 Å². The van der Waals surface area contributed by atoms with Gasteiger partial charge in [0.1, 0.15) is 5.54 Å². The van der Waals surface area contributed by atoms with Gasteiger partial charge in [0.25, 0.3) is 0 Å². The Hall–Kier alpha value is -0.570. The largest absolute Gasteiger partial charge is 0.468 e. The zero-order valence-electron chi connectivity index (χ0n) is 10.1. The maximum atomic E-state index is 12.0. The van der Waals surface area contributed by atoms with Crippen molar-refractivity contribution < 1.29 is 9.53 Å². The summed E-state index contributed by atoms with van der Waals surface area (Å²) in [6, 6.07) is 0.